The van der Waals surface area contributed by atoms with Gasteiger partial charge in [-0.3, -0.25) is 14.0 Å². The summed E-state index contributed by atoms with van der Waals surface area (Å²) in [6.45, 7) is 4.02. The van der Waals surface area contributed by atoms with E-state index in [9.17, 15) is 14.4 Å². The predicted octanol–water partition coefficient (Wildman–Crippen LogP) is 3.57. The minimum atomic E-state index is -0.711. The summed E-state index contributed by atoms with van der Waals surface area (Å²) in [7, 11) is 1.52. The molecule has 1 aromatic carbocycles. The van der Waals surface area contributed by atoms with Crippen LogP contribution in [0.2, 0.25) is 5.02 Å². The number of fused-ring (bicyclic) bond motifs is 2. The summed E-state index contributed by atoms with van der Waals surface area (Å²) in [5.74, 6) is -1.32. The summed E-state index contributed by atoms with van der Waals surface area (Å²) >= 11 is 5.92. The molecule has 0 fully saturated rings. The number of rotatable bonds is 7. The predicted molar refractivity (Wildman–Crippen MR) is 141 cm³/mol. The monoisotopic (exact) mass is 520 g/mol. The Bertz CT molecular complexity index is 1650. The first kappa shape index (κ1) is 26.0. The van der Waals surface area contributed by atoms with Gasteiger partial charge in [-0.2, -0.15) is 4.99 Å². The Kier molecular flexibility index (Phi) is 7.95. The molecule has 4 rings (SSSR count). The van der Waals surface area contributed by atoms with E-state index in [0.717, 1.165) is 11.1 Å². The third kappa shape index (κ3) is 5.52. The average Bonchev–Trinajstić information content (AvgIpc) is 2.88. The lowest BCUT2D eigenvalue weighted by Gasteiger charge is -2.15. The van der Waals surface area contributed by atoms with Gasteiger partial charge in [0.2, 0.25) is 0 Å². The van der Waals surface area contributed by atoms with Gasteiger partial charge in [-0.1, -0.05) is 29.8 Å². The molecule has 0 aliphatic carbocycles. The lowest BCUT2D eigenvalue weighted by molar-refractivity contribution is -0.113. The van der Waals surface area contributed by atoms with Gasteiger partial charge < -0.3 is 14.0 Å². The summed E-state index contributed by atoms with van der Waals surface area (Å²) < 4.78 is 13.5. The Morgan fingerprint density at radius 2 is 1.92 bits per heavy atom. The molecule has 0 unspecified atom stereocenters. The lowest BCUT2D eigenvalue weighted by atomic mass is 10.2. The fourth-order valence-electron chi connectivity index (χ4n) is 3.84. The molecule has 9 nitrogen and oxygen atoms in total. The molecule has 0 saturated heterocycles. The van der Waals surface area contributed by atoms with Crippen LogP contribution in [0.25, 0.3) is 22.8 Å². The molecular formula is C27H25ClN4O5. The second-order valence-electron chi connectivity index (χ2n) is 8.12. The molecule has 1 amide bonds. The van der Waals surface area contributed by atoms with E-state index in [1.807, 2.05) is 13.0 Å². The third-order valence-electron chi connectivity index (χ3n) is 5.62. The van der Waals surface area contributed by atoms with Crippen LogP contribution in [-0.2, 0) is 20.8 Å². The largest absolute Gasteiger partial charge is 0.462 e. The summed E-state index contributed by atoms with van der Waals surface area (Å²) in [6.07, 6.45) is 4.49. The fraction of sp³-hybridized carbons (Fsp3) is 0.222. The van der Waals surface area contributed by atoms with E-state index >= 15 is 0 Å². The minimum Gasteiger partial charge on any atom is -0.462 e. The summed E-state index contributed by atoms with van der Waals surface area (Å²) in [6, 6.07) is 11.9. The fourth-order valence-corrected chi connectivity index (χ4v) is 3.97. The number of halogens is 1. The van der Waals surface area contributed by atoms with Crippen molar-refractivity contribution in [1.29, 1.82) is 0 Å². The maximum Gasteiger partial charge on any atom is 0.341 e. The number of carbonyl (C=O) groups excluding carboxylic acids is 2. The SMILES string of the molecule is CCOC(=O)c1cc2c(=O)n3cccc(C)c3nc2n(CCOC)c1=NC(=O)/C=C\c1ccc(Cl)cc1. The van der Waals surface area contributed by atoms with E-state index in [1.54, 1.807) is 54.1 Å². The van der Waals surface area contributed by atoms with Gasteiger partial charge in [0.25, 0.3) is 11.5 Å². The highest BCUT2D eigenvalue weighted by Gasteiger charge is 2.20. The van der Waals surface area contributed by atoms with Crippen LogP contribution in [0.5, 0.6) is 0 Å². The highest BCUT2D eigenvalue weighted by Crippen LogP contribution is 2.14. The van der Waals surface area contributed by atoms with Crippen molar-refractivity contribution in [2.24, 2.45) is 4.99 Å². The maximum absolute atomic E-state index is 13.4. The number of ether oxygens (including phenoxy) is 2. The number of benzene rings is 1. The molecule has 3 aromatic heterocycles. The number of pyridine rings is 2. The van der Waals surface area contributed by atoms with Gasteiger partial charge in [-0.15, -0.1) is 0 Å². The van der Waals surface area contributed by atoms with Crippen molar-refractivity contribution in [2.75, 3.05) is 20.3 Å². The molecule has 0 bridgehead atoms. The number of aryl methyl sites for hydroxylation is 1. The number of carbonyl (C=O) groups is 2. The highest BCUT2D eigenvalue weighted by atomic mass is 35.5. The maximum atomic E-state index is 13.4. The van der Waals surface area contributed by atoms with Crippen molar-refractivity contribution >= 4 is 46.2 Å². The minimum absolute atomic E-state index is 0.0230. The second kappa shape index (κ2) is 11.3. The Balaban J connectivity index is 2.01. The first-order valence-corrected chi connectivity index (χ1v) is 12.0. The quantitative estimate of drug-likeness (QED) is 0.209. The van der Waals surface area contributed by atoms with Crippen LogP contribution < -0.4 is 11.0 Å². The van der Waals surface area contributed by atoms with Crippen molar-refractivity contribution in [3.8, 4) is 0 Å². The molecule has 37 heavy (non-hydrogen) atoms. The zero-order valence-corrected chi connectivity index (χ0v) is 21.4. The molecule has 0 N–H and O–H groups in total. The highest BCUT2D eigenvalue weighted by molar-refractivity contribution is 6.30. The van der Waals surface area contributed by atoms with Gasteiger partial charge in [0.1, 0.15) is 16.9 Å². The number of nitrogens with zero attached hydrogens (tertiary/aromatic N) is 4. The van der Waals surface area contributed by atoms with Gasteiger partial charge in [-0.25, -0.2) is 9.78 Å². The van der Waals surface area contributed by atoms with Crippen LogP contribution in [0.1, 0.15) is 28.4 Å². The van der Waals surface area contributed by atoms with E-state index in [2.05, 4.69) is 4.99 Å². The second-order valence-corrected chi connectivity index (χ2v) is 8.56. The van der Waals surface area contributed by atoms with E-state index < -0.39 is 11.9 Å². The third-order valence-corrected chi connectivity index (χ3v) is 5.88. The summed E-state index contributed by atoms with van der Waals surface area (Å²) in [5, 5.41) is 0.763. The van der Waals surface area contributed by atoms with Crippen LogP contribution in [-0.4, -0.2) is 46.2 Å². The molecule has 0 aliphatic heterocycles. The van der Waals surface area contributed by atoms with Crippen molar-refractivity contribution < 1.29 is 19.1 Å². The van der Waals surface area contributed by atoms with Gasteiger partial charge >= 0.3 is 5.97 Å². The van der Waals surface area contributed by atoms with Gasteiger partial charge in [0.05, 0.1) is 18.6 Å². The van der Waals surface area contributed by atoms with Crippen molar-refractivity contribution in [2.45, 2.75) is 20.4 Å². The Morgan fingerprint density at radius 3 is 2.62 bits per heavy atom. The van der Waals surface area contributed by atoms with Crippen molar-refractivity contribution in [3.05, 3.63) is 92.3 Å². The molecule has 0 saturated carbocycles. The van der Waals surface area contributed by atoms with E-state index in [1.165, 1.54) is 23.7 Å². The lowest BCUT2D eigenvalue weighted by Crippen LogP contribution is -2.33. The number of hydrogen-bond donors (Lipinski definition) is 0. The van der Waals surface area contributed by atoms with E-state index in [4.69, 9.17) is 26.1 Å². The van der Waals surface area contributed by atoms with Crippen LogP contribution in [0.4, 0.5) is 0 Å². The summed E-state index contributed by atoms with van der Waals surface area (Å²) in [5.41, 5.74) is 1.91. The Labute approximate surface area is 217 Å². The number of aromatic nitrogens is 3. The van der Waals surface area contributed by atoms with E-state index in [-0.39, 0.29) is 47.4 Å². The molecule has 4 aromatic rings. The normalized spacial score (nSPS) is 12.1. The number of methoxy groups -OCH3 is 1. The zero-order chi connectivity index (χ0) is 26.5. The Hall–Kier alpha value is -4.08. The van der Waals surface area contributed by atoms with Crippen LogP contribution in [0.3, 0.4) is 0 Å². The standard InChI is InChI=1S/C27H25ClN4O5/c1-4-37-27(35)21-16-20-24(30-23-17(2)6-5-13-32(23)26(20)34)31(14-15-36-3)25(21)29-22(33)12-9-18-7-10-19(28)11-8-18/h5-13,16H,4,14-15H2,1-3H3/b12-9-,29-25?. The topological polar surface area (TPSA) is 104 Å². The number of hydrogen-bond acceptors (Lipinski definition) is 6. The molecule has 3 heterocycles. The average molecular weight is 521 g/mol. The molecule has 0 aliphatic rings. The van der Waals surface area contributed by atoms with Crippen LogP contribution in [0.15, 0.2) is 64.5 Å². The first-order valence-electron chi connectivity index (χ1n) is 11.6. The van der Waals surface area contributed by atoms with Crippen LogP contribution >= 0.6 is 11.6 Å². The van der Waals surface area contributed by atoms with Gasteiger partial charge in [-0.05, 0) is 55.3 Å². The van der Waals surface area contributed by atoms with Gasteiger partial charge in [0.15, 0.2) is 5.49 Å². The molecule has 10 heteroatoms. The molecule has 0 atom stereocenters. The Morgan fingerprint density at radius 1 is 1.16 bits per heavy atom. The summed E-state index contributed by atoms with van der Waals surface area (Å²) in [4.78, 5) is 48.3. The molecule has 0 spiro atoms. The number of esters is 1. The molecule has 190 valence electrons. The smallest absolute Gasteiger partial charge is 0.341 e. The van der Waals surface area contributed by atoms with E-state index in [0.29, 0.717) is 10.7 Å². The van der Waals surface area contributed by atoms with Crippen LogP contribution in [0, 0.1) is 6.92 Å². The number of amides is 1. The molecular weight excluding hydrogens is 496 g/mol. The molecule has 0 radical (unpaired) electrons. The van der Waals surface area contributed by atoms with Crippen molar-refractivity contribution in [1.82, 2.24) is 14.0 Å². The zero-order valence-electron chi connectivity index (χ0n) is 20.6. The van der Waals surface area contributed by atoms with Crippen molar-refractivity contribution in [3.63, 3.8) is 0 Å². The van der Waals surface area contributed by atoms with Gasteiger partial charge in [0, 0.05) is 31.0 Å². The first-order chi connectivity index (χ1) is 17.8.